The molecule has 0 spiro atoms. The first-order chi connectivity index (χ1) is 8.27. The van der Waals surface area contributed by atoms with Gasteiger partial charge in [0.2, 0.25) is 0 Å². The van der Waals surface area contributed by atoms with Crippen molar-refractivity contribution in [2.75, 3.05) is 12.4 Å². The smallest absolute Gasteiger partial charge is 0.251 e. The molecule has 0 bridgehead atoms. The molecule has 1 unspecified atom stereocenters. The lowest BCUT2D eigenvalue weighted by atomic mass is 10.00. The van der Waals surface area contributed by atoms with Gasteiger partial charge in [-0.15, -0.1) is 0 Å². The van der Waals surface area contributed by atoms with Crippen molar-refractivity contribution in [3.8, 4) is 0 Å². The number of nitrogens with one attached hydrogen (secondary N) is 1. The molecule has 3 N–H and O–H groups in total. The van der Waals surface area contributed by atoms with Crippen molar-refractivity contribution < 1.29 is 13.9 Å². The molecule has 0 radical (unpaired) electrons. The SMILES string of the molecule is COC(C)(C)C(C)Nc1ccc(F)c(C(N)=O)c1. The van der Waals surface area contributed by atoms with Gasteiger partial charge in [-0.2, -0.15) is 0 Å². The monoisotopic (exact) mass is 254 g/mol. The van der Waals surface area contributed by atoms with Crippen LogP contribution in [0.3, 0.4) is 0 Å². The van der Waals surface area contributed by atoms with Crippen LogP contribution in [0.4, 0.5) is 10.1 Å². The molecule has 0 aliphatic carbocycles. The van der Waals surface area contributed by atoms with E-state index >= 15 is 0 Å². The molecule has 100 valence electrons. The molecule has 0 aromatic heterocycles. The molecule has 1 atom stereocenters. The number of carbonyl (C=O) groups excluding carboxylic acids is 1. The number of carbonyl (C=O) groups is 1. The highest BCUT2D eigenvalue weighted by Gasteiger charge is 2.25. The van der Waals surface area contributed by atoms with Gasteiger partial charge < -0.3 is 15.8 Å². The van der Waals surface area contributed by atoms with E-state index in [1.807, 2.05) is 20.8 Å². The minimum atomic E-state index is -0.783. The summed E-state index contributed by atoms with van der Waals surface area (Å²) in [6.45, 7) is 5.81. The van der Waals surface area contributed by atoms with Gasteiger partial charge in [0.1, 0.15) is 5.82 Å². The zero-order valence-corrected chi connectivity index (χ0v) is 11.1. The minimum Gasteiger partial charge on any atom is -0.380 e. The van der Waals surface area contributed by atoms with Crippen LogP contribution in [0.25, 0.3) is 0 Å². The highest BCUT2D eigenvalue weighted by molar-refractivity contribution is 5.94. The van der Waals surface area contributed by atoms with Crippen molar-refractivity contribution in [3.05, 3.63) is 29.6 Å². The van der Waals surface area contributed by atoms with E-state index in [2.05, 4.69) is 5.32 Å². The number of rotatable bonds is 5. The van der Waals surface area contributed by atoms with Crippen LogP contribution in [0.5, 0.6) is 0 Å². The van der Waals surface area contributed by atoms with Gasteiger partial charge in [0.15, 0.2) is 0 Å². The van der Waals surface area contributed by atoms with Crippen LogP contribution in [-0.2, 0) is 4.74 Å². The van der Waals surface area contributed by atoms with Crippen LogP contribution in [0.15, 0.2) is 18.2 Å². The summed E-state index contributed by atoms with van der Waals surface area (Å²) in [6, 6.07) is 4.16. The molecule has 18 heavy (non-hydrogen) atoms. The number of halogens is 1. The first-order valence-electron chi connectivity index (χ1n) is 5.69. The second-order valence-electron chi connectivity index (χ2n) is 4.73. The molecule has 1 aromatic carbocycles. The maximum Gasteiger partial charge on any atom is 0.251 e. The van der Waals surface area contributed by atoms with Crippen molar-refractivity contribution in [3.63, 3.8) is 0 Å². The number of primary amides is 1. The van der Waals surface area contributed by atoms with Gasteiger partial charge in [-0.1, -0.05) is 0 Å². The summed E-state index contributed by atoms with van der Waals surface area (Å²) >= 11 is 0. The Balaban J connectivity index is 2.93. The molecule has 1 rings (SSSR count). The predicted molar refractivity (Wildman–Crippen MR) is 69.1 cm³/mol. The summed E-state index contributed by atoms with van der Waals surface area (Å²) in [5.74, 6) is -1.40. The first kappa shape index (κ1) is 14.4. The average Bonchev–Trinajstić information content (AvgIpc) is 2.31. The Morgan fingerprint density at radius 3 is 2.61 bits per heavy atom. The quantitative estimate of drug-likeness (QED) is 0.846. The van der Waals surface area contributed by atoms with Crippen molar-refractivity contribution in [2.24, 2.45) is 5.73 Å². The number of anilines is 1. The van der Waals surface area contributed by atoms with Crippen LogP contribution in [0.1, 0.15) is 31.1 Å². The molecule has 0 aliphatic heterocycles. The molecule has 1 aromatic rings. The Bertz CT molecular complexity index is 447. The third kappa shape index (κ3) is 3.20. The van der Waals surface area contributed by atoms with E-state index in [1.54, 1.807) is 13.2 Å². The maximum atomic E-state index is 13.3. The lowest BCUT2D eigenvalue weighted by molar-refractivity contribution is 0.0107. The summed E-state index contributed by atoms with van der Waals surface area (Å²) < 4.78 is 18.6. The third-order valence-corrected chi connectivity index (χ3v) is 3.18. The van der Waals surface area contributed by atoms with E-state index in [9.17, 15) is 9.18 Å². The standard InChI is InChI=1S/C13H19FN2O2/c1-8(13(2,3)18-4)16-9-5-6-11(14)10(7-9)12(15)17/h5-8,16H,1-4H3,(H2,15,17). The highest BCUT2D eigenvalue weighted by Crippen LogP contribution is 2.20. The summed E-state index contributed by atoms with van der Waals surface area (Å²) in [6.07, 6.45) is 0. The van der Waals surface area contributed by atoms with E-state index in [0.29, 0.717) is 5.69 Å². The number of hydrogen-bond acceptors (Lipinski definition) is 3. The number of ether oxygens (including phenoxy) is 1. The minimum absolute atomic E-state index is 0.0197. The summed E-state index contributed by atoms with van der Waals surface area (Å²) in [7, 11) is 1.62. The maximum absolute atomic E-state index is 13.3. The Morgan fingerprint density at radius 2 is 2.11 bits per heavy atom. The summed E-state index contributed by atoms with van der Waals surface area (Å²) in [5, 5.41) is 3.16. The van der Waals surface area contributed by atoms with Gasteiger partial charge in [0, 0.05) is 12.8 Å². The fraction of sp³-hybridized carbons (Fsp3) is 0.462. The second-order valence-corrected chi connectivity index (χ2v) is 4.73. The van der Waals surface area contributed by atoms with Gasteiger partial charge in [0.05, 0.1) is 17.2 Å². The van der Waals surface area contributed by atoms with Crippen LogP contribution < -0.4 is 11.1 Å². The van der Waals surface area contributed by atoms with Crippen LogP contribution in [-0.4, -0.2) is 24.7 Å². The molecular formula is C13H19FN2O2. The van der Waals surface area contributed by atoms with Gasteiger partial charge in [-0.05, 0) is 39.0 Å². The van der Waals surface area contributed by atoms with E-state index in [-0.39, 0.29) is 17.2 Å². The van der Waals surface area contributed by atoms with E-state index in [4.69, 9.17) is 10.5 Å². The molecule has 0 fully saturated rings. The van der Waals surface area contributed by atoms with Crippen molar-refractivity contribution in [1.82, 2.24) is 0 Å². The molecule has 0 heterocycles. The van der Waals surface area contributed by atoms with Crippen molar-refractivity contribution >= 4 is 11.6 Å². The van der Waals surface area contributed by atoms with Crippen LogP contribution in [0.2, 0.25) is 0 Å². The Kier molecular flexibility index (Phi) is 4.29. The fourth-order valence-corrected chi connectivity index (χ4v) is 1.40. The van der Waals surface area contributed by atoms with Gasteiger partial charge in [-0.25, -0.2) is 4.39 Å². The number of benzene rings is 1. The van der Waals surface area contributed by atoms with E-state index in [1.165, 1.54) is 12.1 Å². The van der Waals surface area contributed by atoms with Crippen LogP contribution in [0, 0.1) is 5.82 Å². The molecule has 1 amide bonds. The molecule has 0 saturated carbocycles. The molecular weight excluding hydrogens is 235 g/mol. The second kappa shape index (κ2) is 5.35. The molecule has 0 aliphatic rings. The van der Waals surface area contributed by atoms with Crippen molar-refractivity contribution in [1.29, 1.82) is 0 Å². The number of nitrogens with two attached hydrogens (primary N) is 1. The predicted octanol–water partition coefficient (Wildman–Crippen LogP) is 2.15. The normalized spacial score (nSPS) is 13.2. The Morgan fingerprint density at radius 1 is 1.50 bits per heavy atom. The molecule has 4 nitrogen and oxygen atoms in total. The highest BCUT2D eigenvalue weighted by atomic mass is 19.1. The van der Waals surface area contributed by atoms with Gasteiger partial charge in [0.25, 0.3) is 5.91 Å². The van der Waals surface area contributed by atoms with Crippen molar-refractivity contribution in [2.45, 2.75) is 32.4 Å². The van der Waals surface area contributed by atoms with Crippen LogP contribution >= 0.6 is 0 Å². The lowest BCUT2D eigenvalue weighted by Crippen LogP contribution is -2.41. The number of methoxy groups -OCH3 is 1. The van der Waals surface area contributed by atoms with E-state index in [0.717, 1.165) is 0 Å². The summed E-state index contributed by atoms with van der Waals surface area (Å²) in [5.41, 5.74) is 5.21. The number of hydrogen-bond donors (Lipinski definition) is 2. The molecule has 5 heteroatoms. The number of amides is 1. The zero-order chi connectivity index (χ0) is 13.9. The third-order valence-electron chi connectivity index (χ3n) is 3.18. The summed E-state index contributed by atoms with van der Waals surface area (Å²) in [4.78, 5) is 11.0. The topological polar surface area (TPSA) is 64.3 Å². The van der Waals surface area contributed by atoms with Gasteiger partial charge in [-0.3, -0.25) is 4.79 Å². The molecule has 0 saturated heterocycles. The van der Waals surface area contributed by atoms with Gasteiger partial charge >= 0.3 is 0 Å². The zero-order valence-electron chi connectivity index (χ0n) is 11.1. The van der Waals surface area contributed by atoms with E-state index < -0.39 is 11.7 Å². The Labute approximate surface area is 106 Å². The fourth-order valence-electron chi connectivity index (χ4n) is 1.40. The first-order valence-corrected chi connectivity index (χ1v) is 5.69. The largest absolute Gasteiger partial charge is 0.380 e. The Hall–Kier alpha value is -1.62. The average molecular weight is 254 g/mol. The lowest BCUT2D eigenvalue weighted by Gasteiger charge is -2.31.